The minimum absolute atomic E-state index is 0. The van der Waals surface area contributed by atoms with Gasteiger partial charge in [0.2, 0.25) is 5.91 Å². The van der Waals surface area contributed by atoms with Crippen molar-refractivity contribution in [3.8, 4) is 5.75 Å². The largest absolute Gasteiger partial charge is 1.00 e. The van der Waals surface area contributed by atoms with Crippen molar-refractivity contribution in [3.05, 3.63) is 78.3 Å². The fraction of sp³-hybridized carbons (Fsp3) is 0.559. The Bertz CT molecular complexity index is 1020. The fourth-order valence-electron chi connectivity index (χ4n) is 6.16. The van der Waals surface area contributed by atoms with E-state index >= 15 is 0 Å². The Kier molecular flexibility index (Phi) is 16.5. The number of benzene rings is 2. The van der Waals surface area contributed by atoms with Crippen LogP contribution in [0.3, 0.4) is 0 Å². The Morgan fingerprint density at radius 3 is 2.54 bits per heavy atom. The first kappa shape index (κ1) is 34.7. The summed E-state index contributed by atoms with van der Waals surface area (Å²) < 4.78 is 20.3. The van der Waals surface area contributed by atoms with Crippen LogP contribution in [0, 0.1) is 36.4 Å². The zero-order valence-electron chi connectivity index (χ0n) is 24.8. The van der Waals surface area contributed by atoms with Gasteiger partial charge in [0.05, 0.1) is 6.61 Å². The Morgan fingerprint density at radius 1 is 1.02 bits per heavy atom. The number of aliphatic hydroxyl groups is 1. The van der Waals surface area contributed by atoms with Crippen LogP contribution in [0.4, 0.5) is 4.39 Å². The molecule has 2 aliphatic rings. The molecule has 5 nitrogen and oxygen atoms in total. The van der Waals surface area contributed by atoms with Gasteiger partial charge >= 0.3 is 51.4 Å². The third kappa shape index (κ3) is 12.0. The van der Waals surface area contributed by atoms with Gasteiger partial charge in [0.25, 0.3) is 0 Å². The molecule has 2 saturated carbocycles. The van der Waals surface area contributed by atoms with Gasteiger partial charge in [-0.1, -0.05) is 81.7 Å². The molecule has 0 aromatic heterocycles. The quantitative estimate of drug-likeness (QED) is 0.170. The van der Waals surface area contributed by atoms with E-state index in [0.717, 1.165) is 42.7 Å². The van der Waals surface area contributed by atoms with E-state index in [0.29, 0.717) is 31.9 Å². The second-order valence-corrected chi connectivity index (χ2v) is 11.5. The van der Waals surface area contributed by atoms with Gasteiger partial charge in [0.15, 0.2) is 0 Å². The Hall–Kier alpha value is -0.804. The minimum atomic E-state index is -0.631. The maximum Gasteiger partial charge on any atom is 1.00 e. The fourth-order valence-corrected chi connectivity index (χ4v) is 6.16. The summed E-state index contributed by atoms with van der Waals surface area (Å²) in [6.45, 7) is 1.42. The number of halogens is 1. The number of carbonyl (C=O) groups excluding carboxylic acids is 1. The number of rotatable bonds is 15. The molecule has 0 saturated heterocycles. The molecule has 3 unspecified atom stereocenters. The molecule has 2 aromatic carbocycles. The maximum absolute atomic E-state index is 14.2. The van der Waals surface area contributed by atoms with Crippen LogP contribution < -0.4 is 66.8 Å². The molecular formula is C34H47FKN2O3-. The van der Waals surface area contributed by atoms with Crippen LogP contribution in [0.2, 0.25) is 0 Å². The van der Waals surface area contributed by atoms with Crippen LogP contribution >= 0.6 is 0 Å². The van der Waals surface area contributed by atoms with Gasteiger partial charge < -0.3 is 33.3 Å². The Balaban J connectivity index is 0.00000462. The summed E-state index contributed by atoms with van der Waals surface area (Å²) in [5, 5.41) is 16.2. The van der Waals surface area contributed by atoms with Crippen molar-refractivity contribution in [1.29, 1.82) is 0 Å². The average molecular weight is 590 g/mol. The molecule has 2 aliphatic carbocycles. The van der Waals surface area contributed by atoms with Crippen molar-refractivity contribution in [1.82, 2.24) is 10.6 Å². The average Bonchev–Trinajstić information content (AvgIpc) is 2.99. The first-order chi connectivity index (χ1) is 19.6. The van der Waals surface area contributed by atoms with Gasteiger partial charge in [0.1, 0.15) is 24.2 Å². The monoisotopic (exact) mass is 589 g/mol. The van der Waals surface area contributed by atoms with Crippen LogP contribution in [0.1, 0.15) is 75.3 Å². The van der Waals surface area contributed by atoms with Gasteiger partial charge in [-0.25, -0.2) is 17.2 Å². The van der Waals surface area contributed by atoms with Crippen molar-refractivity contribution in [2.75, 3.05) is 19.7 Å². The Labute approximate surface area is 289 Å². The second-order valence-electron chi connectivity index (χ2n) is 11.5. The number of hydrogen-bond donors (Lipinski definition) is 3. The molecule has 4 rings (SSSR count). The van der Waals surface area contributed by atoms with E-state index in [1.165, 1.54) is 44.6 Å². The summed E-state index contributed by atoms with van der Waals surface area (Å²) in [6.07, 6.45) is 17.4. The number of ether oxygens (including phenoxy) is 1. The summed E-state index contributed by atoms with van der Waals surface area (Å²) in [4.78, 5) is 12.7. The van der Waals surface area contributed by atoms with Gasteiger partial charge in [-0.05, 0) is 48.2 Å². The molecule has 7 heteroatoms. The standard InChI is InChI=1S/C34H47FN2O3.K/c35-31-18-19-33(40-25-27-14-5-2-6-15-27)30(22-31)21-28-16-7-8-17-29(28)23-37-32(24-38)34(39)36-20-10-9-13-26-11-3-1-4-12-26;/h2,5-6,14-19,22,26,28-29,32,37-38H,1,3-4,7-13,20-21,23-25H2,(H,36,39);/q-2;+1. The van der Waals surface area contributed by atoms with Crippen molar-refractivity contribution in [2.24, 2.45) is 17.8 Å². The van der Waals surface area contributed by atoms with Gasteiger partial charge in [-0.3, -0.25) is 4.79 Å². The third-order valence-electron chi connectivity index (χ3n) is 8.53. The zero-order chi connectivity index (χ0) is 28.0. The molecule has 3 N–H and O–H groups in total. The number of amides is 1. The predicted octanol–water partition coefficient (Wildman–Crippen LogP) is 3.20. The van der Waals surface area contributed by atoms with E-state index in [9.17, 15) is 14.3 Å². The van der Waals surface area contributed by atoms with E-state index in [1.54, 1.807) is 12.1 Å². The number of hydrogen-bond acceptors (Lipinski definition) is 4. The number of aliphatic hydroxyl groups excluding tert-OH is 1. The number of carbonyl (C=O) groups is 1. The first-order valence-corrected chi connectivity index (χ1v) is 15.4. The van der Waals surface area contributed by atoms with E-state index in [4.69, 9.17) is 4.74 Å². The normalized spacial score (nSPS) is 20.1. The van der Waals surface area contributed by atoms with E-state index in [-0.39, 0.29) is 81.6 Å². The van der Waals surface area contributed by atoms with Crippen LogP contribution in [0.25, 0.3) is 0 Å². The first-order valence-electron chi connectivity index (χ1n) is 15.4. The molecule has 1 amide bonds. The minimum Gasteiger partial charge on any atom is -0.489 e. The summed E-state index contributed by atoms with van der Waals surface area (Å²) >= 11 is 0. The predicted molar refractivity (Wildman–Crippen MR) is 158 cm³/mol. The molecule has 0 radical (unpaired) electrons. The third-order valence-corrected chi connectivity index (χ3v) is 8.53. The number of unbranched alkanes of at least 4 members (excludes halogenated alkanes) is 1. The van der Waals surface area contributed by atoms with Crippen molar-refractivity contribution < 1.29 is 70.4 Å². The molecule has 0 aliphatic heterocycles. The molecular weight excluding hydrogens is 542 g/mol. The van der Waals surface area contributed by atoms with E-state index in [1.807, 2.05) is 30.3 Å². The van der Waals surface area contributed by atoms with Gasteiger partial charge in [0, 0.05) is 6.54 Å². The van der Waals surface area contributed by atoms with Crippen molar-refractivity contribution in [2.45, 2.75) is 83.3 Å². The zero-order valence-corrected chi connectivity index (χ0v) is 28.0. The summed E-state index contributed by atoms with van der Waals surface area (Å²) in [5.74, 6) is 1.52. The molecule has 0 heterocycles. The molecule has 3 atom stereocenters. The van der Waals surface area contributed by atoms with Gasteiger partial charge in [-0.15, -0.1) is 0 Å². The van der Waals surface area contributed by atoms with E-state index in [2.05, 4.69) is 23.5 Å². The molecule has 0 bridgehead atoms. The molecule has 2 aromatic rings. The SMILES string of the molecule is O=C(NCCCCC1CCCCC1)C(CO)NCC1[CH-]CC[CH-]C1Cc1cc(F)ccc1OCc1ccccc1.[K+]. The molecule has 41 heavy (non-hydrogen) atoms. The molecule has 220 valence electrons. The summed E-state index contributed by atoms with van der Waals surface area (Å²) in [6, 6.07) is 14.1. The summed E-state index contributed by atoms with van der Waals surface area (Å²) in [7, 11) is 0. The smallest absolute Gasteiger partial charge is 0.489 e. The van der Waals surface area contributed by atoms with Gasteiger partial charge in [-0.2, -0.15) is 11.8 Å². The van der Waals surface area contributed by atoms with Crippen LogP contribution in [0.15, 0.2) is 48.5 Å². The molecule has 2 fully saturated rings. The van der Waals surface area contributed by atoms with E-state index < -0.39 is 6.04 Å². The van der Waals surface area contributed by atoms with Crippen molar-refractivity contribution in [3.63, 3.8) is 0 Å². The van der Waals surface area contributed by atoms with Crippen LogP contribution in [0.5, 0.6) is 5.75 Å². The number of nitrogens with one attached hydrogen (secondary N) is 2. The summed E-state index contributed by atoms with van der Waals surface area (Å²) in [5.41, 5.74) is 1.91. The Morgan fingerprint density at radius 2 is 1.78 bits per heavy atom. The maximum atomic E-state index is 14.2. The van der Waals surface area contributed by atoms with Crippen LogP contribution in [-0.4, -0.2) is 36.8 Å². The van der Waals surface area contributed by atoms with Crippen molar-refractivity contribution >= 4 is 5.91 Å². The topological polar surface area (TPSA) is 70.6 Å². The van der Waals surface area contributed by atoms with Crippen LogP contribution in [-0.2, 0) is 17.8 Å². The second kappa shape index (κ2) is 19.5. The molecule has 0 spiro atoms.